The third-order valence-electron chi connectivity index (χ3n) is 13.7. The molecule has 2 bridgehead atoms. The molecule has 14 heteroatoms. The summed E-state index contributed by atoms with van der Waals surface area (Å²) in [5, 5.41) is 56.4. The summed E-state index contributed by atoms with van der Waals surface area (Å²) in [6, 6.07) is 43.1. The monoisotopic (exact) mass is 1080 g/mol. The Morgan fingerprint density at radius 3 is 1.95 bits per heavy atom. The minimum atomic E-state index is -2.49. The zero-order valence-corrected chi connectivity index (χ0v) is 48.7. The van der Waals surface area contributed by atoms with Crippen molar-refractivity contribution in [2.75, 3.05) is 53.2 Å². The molecule has 0 aliphatic carbocycles. The van der Waals surface area contributed by atoms with Gasteiger partial charge in [-0.15, -0.1) is 0 Å². The number of nitrogens with one attached hydrogen (secondary N) is 2. The molecule has 4 aliphatic rings. The Morgan fingerprint density at radius 2 is 1.45 bits per heavy atom. The van der Waals surface area contributed by atoms with E-state index in [1.807, 2.05) is 156 Å². The van der Waals surface area contributed by atoms with Gasteiger partial charge in [-0.05, 0) is 151 Å². The van der Waals surface area contributed by atoms with Gasteiger partial charge in [-0.25, -0.2) is 8.57 Å². The minimum Gasteiger partial charge on any atom is -0.497 e. The molecule has 4 aromatic carbocycles. The van der Waals surface area contributed by atoms with Gasteiger partial charge in [0, 0.05) is 47.2 Å². The van der Waals surface area contributed by atoms with Crippen molar-refractivity contribution >= 4 is 20.6 Å². The van der Waals surface area contributed by atoms with Crippen LogP contribution in [0.1, 0.15) is 129 Å². The van der Waals surface area contributed by atoms with Crippen LogP contribution in [0.3, 0.4) is 0 Å². The molecule has 7 atom stereocenters. The van der Waals surface area contributed by atoms with E-state index in [-0.39, 0.29) is 23.3 Å². The smallest absolute Gasteiger partial charge is 0.119 e. The van der Waals surface area contributed by atoms with Gasteiger partial charge in [0.1, 0.15) is 11.9 Å². The van der Waals surface area contributed by atoms with E-state index in [1.165, 1.54) is 32.7 Å². The van der Waals surface area contributed by atoms with Crippen LogP contribution in [0.25, 0.3) is 22.2 Å². The Kier molecular flexibility index (Phi) is 26.8. The Morgan fingerprint density at radius 1 is 0.844 bits per heavy atom. The molecule has 77 heavy (non-hydrogen) atoms. The number of fused-ring (bicyclic) bond motifs is 4. The SMILES string of the molecule is CC(C)(C)[C@H](O)c1cccc(-c2ccccc2)n1.CCC.CN=S(=O)(CC(C)(C)O)c1ccccc1.CN[C@@H](C)[C@H](O)c1ccccc1.COc1ccc2nccc([C@@H](O)C3CC4CCN3CC4)c2c1.OC[C@@H]1CCCN1. The molecule has 4 fully saturated rings. The van der Waals surface area contributed by atoms with Crippen molar-refractivity contribution in [3.63, 3.8) is 0 Å². The number of piperidine rings is 3. The Hall–Kier alpha value is -5.13. The molecule has 6 aromatic rings. The number of benzene rings is 4. The molecule has 6 heterocycles. The lowest BCUT2D eigenvalue weighted by Crippen LogP contribution is -2.51. The molecule has 2 unspecified atom stereocenters. The fraction of sp³-hybridized carbons (Fsp3) is 0.492. The summed E-state index contributed by atoms with van der Waals surface area (Å²) >= 11 is 0. The van der Waals surface area contributed by atoms with Crippen molar-refractivity contribution in [2.45, 2.75) is 141 Å². The second-order valence-corrected chi connectivity index (χ2v) is 24.2. The number of pyridine rings is 2. The topological polar surface area (TPSA) is 193 Å². The number of aliphatic hydroxyl groups is 5. The van der Waals surface area contributed by atoms with Gasteiger partial charge in [0.25, 0.3) is 0 Å². The van der Waals surface area contributed by atoms with Gasteiger partial charge in [0.05, 0.1) is 63.9 Å². The maximum Gasteiger partial charge on any atom is 0.119 e. The second-order valence-electron chi connectivity index (χ2n) is 21.8. The molecule has 7 N–H and O–H groups in total. The summed E-state index contributed by atoms with van der Waals surface area (Å²) in [5.74, 6) is 1.74. The van der Waals surface area contributed by atoms with Crippen molar-refractivity contribution in [1.29, 1.82) is 0 Å². The van der Waals surface area contributed by atoms with E-state index >= 15 is 0 Å². The normalized spacial score (nSPS) is 19.9. The fourth-order valence-electron chi connectivity index (χ4n) is 9.27. The third kappa shape index (κ3) is 20.6. The van der Waals surface area contributed by atoms with Crippen LogP contribution in [0.15, 0.2) is 149 Å². The van der Waals surface area contributed by atoms with Gasteiger partial charge in [-0.3, -0.25) is 14.9 Å². The first-order chi connectivity index (χ1) is 36.7. The van der Waals surface area contributed by atoms with Crippen LogP contribution in [0.4, 0.5) is 0 Å². The summed E-state index contributed by atoms with van der Waals surface area (Å²) in [5.41, 5.74) is 4.35. The number of methoxy groups -OCH3 is 1. The molecule has 0 radical (unpaired) electrons. The van der Waals surface area contributed by atoms with Gasteiger partial charge in [0.15, 0.2) is 0 Å². The molecule has 4 saturated heterocycles. The molecule has 422 valence electrons. The predicted octanol–water partition coefficient (Wildman–Crippen LogP) is 11.0. The van der Waals surface area contributed by atoms with Gasteiger partial charge >= 0.3 is 0 Å². The van der Waals surface area contributed by atoms with E-state index in [1.54, 1.807) is 39.3 Å². The molecule has 0 saturated carbocycles. The van der Waals surface area contributed by atoms with Crippen LogP contribution in [0.5, 0.6) is 5.75 Å². The standard InChI is InChI=1S/C18H22N2O2.C16H19NO.C11H17NO2S.C10H15NO.C5H11NO.C3H8/c1-22-13-2-3-16-15(11-13)14(4-7-19-16)18(21)17-10-12-5-8-20(17)9-6-12;1-16(2,3)15(18)14-11-7-10-13(17-14)12-8-5-4-6-9-12;1-11(2,13)9-15(14,12-3)10-7-5-4-6-8-10;1-8(11-2)10(12)9-6-4-3-5-7-9;7-4-5-2-1-3-6-5;1-3-2/h2-4,7,11-12,17-18,21H,5-6,8-10H2,1H3;4-11,15,18H,1-3H3;4-8,13H,9H2,1-3H3;3-8,10-12H,1-2H3;5-7H,1-4H2;3H2,1-2H3/t17?,18-;15-;;8-,10-;5-;/m11.00./s1. The fourth-order valence-corrected chi connectivity index (χ4v) is 11.3. The number of rotatable bonds is 12. The van der Waals surface area contributed by atoms with Crippen molar-refractivity contribution in [3.8, 4) is 17.0 Å². The summed E-state index contributed by atoms with van der Waals surface area (Å²) in [6.07, 6.45) is 7.67. The highest BCUT2D eigenvalue weighted by atomic mass is 32.2. The maximum atomic E-state index is 12.4. The average molecular weight is 1080 g/mol. The maximum absolute atomic E-state index is 12.4. The summed E-state index contributed by atoms with van der Waals surface area (Å²) in [7, 11) is 2.55. The van der Waals surface area contributed by atoms with E-state index in [2.05, 4.69) is 43.7 Å². The highest BCUT2D eigenvalue weighted by Gasteiger charge is 2.38. The van der Waals surface area contributed by atoms with E-state index < -0.39 is 33.6 Å². The first-order valence-corrected chi connectivity index (χ1v) is 29.1. The van der Waals surface area contributed by atoms with Crippen LogP contribution < -0.4 is 15.4 Å². The number of aliphatic hydroxyl groups excluding tert-OH is 4. The van der Waals surface area contributed by atoms with Gasteiger partial charge in [-0.1, -0.05) is 126 Å². The summed E-state index contributed by atoms with van der Waals surface area (Å²) < 4.78 is 21.7. The lowest BCUT2D eigenvalue weighted by atomic mass is 9.79. The quantitative estimate of drug-likeness (QED) is 0.0614. The Labute approximate surface area is 461 Å². The predicted molar refractivity (Wildman–Crippen MR) is 316 cm³/mol. The highest BCUT2D eigenvalue weighted by molar-refractivity contribution is 7.93. The lowest BCUT2D eigenvalue weighted by molar-refractivity contribution is -0.0263. The summed E-state index contributed by atoms with van der Waals surface area (Å²) in [6.45, 7) is 19.2. The lowest BCUT2D eigenvalue weighted by Gasteiger charge is -2.47. The van der Waals surface area contributed by atoms with Crippen LogP contribution in [0, 0.1) is 11.3 Å². The molecule has 13 nitrogen and oxygen atoms in total. The average Bonchev–Trinajstić information content (AvgIpc) is 4.01. The van der Waals surface area contributed by atoms with Crippen molar-refractivity contribution in [3.05, 3.63) is 156 Å². The van der Waals surface area contributed by atoms with Crippen LogP contribution in [-0.4, -0.2) is 122 Å². The van der Waals surface area contributed by atoms with E-state index in [0.29, 0.717) is 17.5 Å². The molecular weight excluding hydrogens is 985 g/mol. The second kappa shape index (κ2) is 32.1. The number of hydrogen-bond donors (Lipinski definition) is 7. The molecular formula is C63H92N6O7S. The van der Waals surface area contributed by atoms with Gasteiger partial charge in [0.2, 0.25) is 0 Å². The first-order valence-electron chi connectivity index (χ1n) is 27.4. The van der Waals surface area contributed by atoms with Crippen molar-refractivity contribution in [2.24, 2.45) is 15.7 Å². The number of aromatic nitrogens is 2. The summed E-state index contributed by atoms with van der Waals surface area (Å²) in [4.78, 5) is 12.1. The van der Waals surface area contributed by atoms with Crippen LogP contribution in [0.2, 0.25) is 0 Å². The number of nitrogens with zero attached hydrogens (tertiary/aromatic N) is 4. The molecule has 2 aromatic heterocycles. The van der Waals surface area contributed by atoms with Crippen molar-refractivity contribution in [1.82, 2.24) is 25.5 Å². The van der Waals surface area contributed by atoms with Crippen LogP contribution >= 0.6 is 0 Å². The van der Waals surface area contributed by atoms with Crippen LogP contribution in [-0.2, 0) is 9.73 Å². The van der Waals surface area contributed by atoms with E-state index in [0.717, 1.165) is 83.1 Å². The number of hydrogen-bond acceptors (Lipinski definition) is 13. The largest absolute Gasteiger partial charge is 0.497 e. The zero-order chi connectivity index (χ0) is 56.6. The van der Waals surface area contributed by atoms with E-state index in [9.17, 15) is 24.6 Å². The molecule has 10 rings (SSSR count). The van der Waals surface area contributed by atoms with Gasteiger partial charge in [-0.2, -0.15) is 0 Å². The molecule has 0 amide bonds. The highest BCUT2D eigenvalue weighted by Crippen LogP contribution is 2.39. The van der Waals surface area contributed by atoms with E-state index in [4.69, 9.17) is 9.84 Å². The Balaban J connectivity index is 0.000000213. The molecule has 4 aliphatic heterocycles. The minimum absolute atomic E-state index is 0.0902. The molecule has 0 spiro atoms. The van der Waals surface area contributed by atoms with Gasteiger partial charge < -0.3 is 40.9 Å². The zero-order valence-electron chi connectivity index (χ0n) is 47.8. The third-order valence-corrected chi connectivity index (χ3v) is 16.4. The number of ether oxygens (including phenoxy) is 1. The Bertz CT molecular complexity index is 2700. The van der Waals surface area contributed by atoms with Crippen molar-refractivity contribution < 1.29 is 34.5 Å². The number of likely N-dealkylation sites (N-methyl/N-ethyl adjacent to an activating group) is 1. The first kappa shape index (κ1) is 64.4.